The van der Waals surface area contributed by atoms with Crippen LogP contribution in [-0.2, 0) is 16.0 Å². The van der Waals surface area contributed by atoms with E-state index in [1.54, 1.807) is 12.1 Å². The number of carbonyl (C=O) groups excluding carboxylic acids is 1. The van der Waals surface area contributed by atoms with Crippen LogP contribution in [0.5, 0.6) is 0 Å². The van der Waals surface area contributed by atoms with Gasteiger partial charge in [0.2, 0.25) is 5.91 Å². The molecule has 0 saturated carbocycles. The fourth-order valence-electron chi connectivity index (χ4n) is 1.97. The monoisotopic (exact) mass is 229 g/mol. The molecule has 1 unspecified atom stereocenters. The minimum Gasteiger partial charge on any atom is -1.00 e. The SMILES string of the molecule is CC(=O)N1c2ccccc2CC1C(=O)O.[H-].[Na+]. The fourth-order valence-corrected chi connectivity index (χ4v) is 1.97. The Hall–Kier alpha value is -0.840. The number of amides is 1. The molecule has 1 heterocycles. The second kappa shape index (κ2) is 4.99. The van der Waals surface area contributed by atoms with E-state index in [1.807, 2.05) is 12.1 Å². The molecule has 1 aliphatic heterocycles. The van der Waals surface area contributed by atoms with Crippen LogP contribution in [0.25, 0.3) is 0 Å². The first kappa shape index (κ1) is 13.2. The number of fused-ring (bicyclic) bond motifs is 1. The van der Waals surface area contributed by atoms with Gasteiger partial charge in [-0.1, -0.05) is 18.2 Å². The van der Waals surface area contributed by atoms with Crippen molar-refractivity contribution in [1.29, 1.82) is 0 Å². The van der Waals surface area contributed by atoms with Crippen molar-refractivity contribution >= 4 is 17.6 Å². The molecule has 16 heavy (non-hydrogen) atoms. The standard InChI is InChI=1S/C11H11NO3.Na.H/c1-7(13)12-9-5-3-2-4-8(9)6-10(12)11(14)15;;/h2-5,10H,6H2,1H3,(H,14,15);;/q;+1;-1. The average molecular weight is 229 g/mol. The number of hydrogen-bond donors (Lipinski definition) is 1. The molecule has 0 fully saturated rings. The van der Waals surface area contributed by atoms with Crippen LogP contribution in [0.15, 0.2) is 24.3 Å². The van der Waals surface area contributed by atoms with Gasteiger partial charge in [0, 0.05) is 19.0 Å². The van der Waals surface area contributed by atoms with Crippen molar-refractivity contribution in [3.63, 3.8) is 0 Å². The molecule has 0 saturated heterocycles. The first-order valence-corrected chi connectivity index (χ1v) is 4.72. The smallest absolute Gasteiger partial charge is 1.00 e. The molecule has 0 bridgehead atoms. The predicted molar refractivity (Wildman–Crippen MR) is 55.8 cm³/mol. The fraction of sp³-hybridized carbons (Fsp3) is 0.273. The van der Waals surface area contributed by atoms with Crippen molar-refractivity contribution in [3.05, 3.63) is 29.8 Å². The Balaban J connectivity index is 0.00000128. The third-order valence-electron chi connectivity index (χ3n) is 2.60. The zero-order valence-electron chi connectivity index (χ0n) is 10.3. The molecular weight excluding hydrogens is 217 g/mol. The zero-order valence-corrected chi connectivity index (χ0v) is 11.3. The zero-order chi connectivity index (χ0) is 11.0. The van der Waals surface area contributed by atoms with Gasteiger partial charge in [0.05, 0.1) is 0 Å². The minimum atomic E-state index is -0.957. The van der Waals surface area contributed by atoms with Gasteiger partial charge in [0.1, 0.15) is 6.04 Å². The Morgan fingerprint density at radius 2 is 2.06 bits per heavy atom. The molecule has 5 heteroatoms. The summed E-state index contributed by atoms with van der Waals surface area (Å²) in [4.78, 5) is 23.7. The molecule has 1 amide bonds. The van der Waals surface area contributed by atoms with Crippen molar-refractivity contribution in [2.24, 2.45) is 0 Å². The number of carboxylic acid groups (broad SMARTS) is 1. The third-order valence-corrected chi connectivity index (χ3v) is 2.60. The van der Waals surface area contributed by atoms with Gasteiger partial charge in [-0.15, -0.1) is 0 Å². The molecule has 0 aromatic heterocycles. The molecular formula is C11H12NNaO3. The largest absolute Gasteiger partial charge is 1.00 e. The average Bonchev–Trinajstić information content (AvgIpc) is 2.56. The van der Waals surface area contributed by atoms with Gasteiger partial charge in [-0.05, 0) is 11.6 Å². The number of hydrogen-bond acceptors (Lipinski definition) is 2. The van der Waals surface area contributed by atoms with Crippen LogP contribution in [0.4, 0.5) is 5.69 Å². The summed E-state index contributed by atoms with van der Waals surface area (Å²) >= 11 is 0. The number of para-hydroxylation sites is 1. The molecule has 1 atom stereocenters. The normalized spacial score (nSPS) is 17.6. The Bertz CT molecular complexity index is 438. The van der Waals surface area contributed by atoms with Crippen molar-refractivity contribution in [3.8, 4) is 0 Å². The summed E-state index contributed by atoms with van der Waals surface area (Å²) in [6.45, 7) is 1.39. The molecule has 1 aliphatic rings. The third kappa shape index (κ3) is 2.14. The van der Waals surface area contributed by atoms with E-state index in [0.717, 1.165) is 11.3 Å². The molecule has 0 aliphatic carbocycles. The molecule has 0 spiro atoms. The molecule has 1 N–H and O–H groups in total. The Kier molecular flexibility index (Phi) is 4.13. The Morgan fingerprint density at radius 1 is 1.44 bits per heavy atom. The summed E-state index contributed by atoms with van der Waals surface area (Å²) in [5.74, 6) is -1.19. The van der Waals surface area contributed by atoms with Crippen molar-refractivity contribution in [2.45, 2.75) is 19.4 Å². The first-order chi connectivity index (χ1) is 7.11. The summed E-state index contributed by atoms with van der Waals surface area (Å²) in [5, 5.41) is 9.01. The quantitative estimate of drug-likeness (QED) is 0.576. The van der Waals surface area contributed by atoms with Crippen LogP contribution in [0.1, 0.15) is 13.9 Å². The van der Waals surface area contributed by atoms with E-state index in [4.69, 9.17) is 5.11 Å². The van der Waals surface area contributed by atoms with E-state index in [9.17, 15) is 9.59 Å². The van der Waals surface area contributed by atoms with E-state index in [1.165, 1.54) is 11.8 Å². The number of anilines is 1. The molecule has 0 radical (unpaired) electrons. The van der Waals surface area contributed by atoms with Crippen LogP contribution < -0.4 is 34.5 Å². The Labute approximate surface area is 117 Å². The summed E-state index contributed by atoms with van der Waals surface area (Å²) < 4.78 is 0. The Morgan fingerprint density at radius 3 is 2.62 bits per heavy atom. The molecule has 1 aromatic carbocycles. The van der Waals surface area contributed by atoms with E-state index >= 15 is 0 Å². The van der Waals surface area contributed by atoms with Gasteiger partial charge in [-0.2, -0.15) is 0 Å². The topological polar surface area (TPSA) is 57.6 Å². The number of rotatable bonds is 1. The maximum atomic E-state index is 11.4. The van der Waals surface area contributed by atoms with Gasteiger partial charge in [0.25, 0.3) is 0 Å². The van der Waals surface area contributed by atoms with E-state index in [2.05, 4.69) is 0 Å². The van der Waals surface area contributed by atoms with Crippen molar-refractivity contribution < 1.29 is 45.7 Å². The van der Waals surface area contributed by atoms with E-state index in [0.29, 0.717) is 6.42 Å². The second-order valence-corrected chi connectivity index (χ2v) is 3.58. The van der Waals surface area contributed by atoms with E-state index in [-0.39, 0.29) is 36.9 Å². The van der Waals surface area contributed by atoms with Gasteiger partial charge in [-0.3, -0.25) is 9.69 Å². The van der Waals surface area contributed by atoms with Gasteiger partial charge >= 0.3 is 35.5 Å². The number of aliphatic carboxylic acids is 1. The van der Waals surface area contributed by atoms with Crippen LogP contribution in [-0.4, -0.2) is 23.0 Å². The maximum absolute atomic E-state index is 11.4. The predicted octanol–water partition coefficient (Wildman–Crippen LogP) is -1.83. The molecule has 1 aromatic rings. The summed E-state index contributed by atoms with van der Waals surface area (Å²) in [5.41, 5.74) is 1.64. The van der Waals surface area contributed by atoms with Crippen molar-refractivity contribution in [1.82, 2.24) is 0 Å². The van der Waals surface area contributed by atoms with Crippen LogP contribution in [0.2, 0.25) is 0 Å². The molecule has 2 rings (SSSR count). The minimum absolute atomic E-state index is 0. The van der Waals surface area contributed by atoms with Gasteiger partial charge < -0.3 is 6.53 Å². The van der Waals surface area contributed by atoms with Crippen LogP contribution in [0.3, 0.4) is 0 Å². The second-order valence-electron chi connectivity index (χ2n) is 3.58. The molecule has 4 nitrogen and oxygen atoms in total. The van der Waals surface area contributed by atoms with E-state index < -0.39 is 12.0 Å². The van der Waals surface area contributed by atoms with Gasteiger partial charge in [-0.25, -0.2) is 4.79 Å². The van der Waals surface area contributed by atoms with Gasteiger partial charge in [0.15, 0.2) is 0 Å². The van der Waals surface area contributed by atoms with Crippen LogP contribution >= 0.6 is 0 Å². The van der Waals surface area contributed by atoms with Crippen molar-refractivity contribution in [2.75, 3.05) is 4.90 Å². The first-order valence-electron chi connectivity index (χ1n) is 4.72. The summed E-state index contributed by atoms with van der Waals surface area (Å²) in [7, 11) is 0. The molecule has 80 valence electrons. The summed E-state index contributed by atoms with van der Waals surface area (Å²) in [6, 6.07) is 6.54. The maximum Gasteiger partial charge on any atom is 1.00 e. The number of benzene rings is 1. The number of nitrogens with zero attached hydrogens (tertiary/aromatic N) is 1. The number of carbonyl (C=O) groups is 2. The van der Waals surface area contributed by atoms with Crippen LogP contribution in [0, 0.1) is 0 Å². The summed E-state index contributed by atoms with van der Waals surface area (Å²) in [6.07, 6.45) is 0.394. The number of carboxylic acids is 1.